The van der Waals surface area contributed by atoms with Crippen molar-refractivity contribution in [3.8, 4) is 5.75 Å². The molecule has 0 fully saturated rings. The number of benzene rings is 1. The molecule has 1 rings (SSSR count). The fraction of sp³-hybridized carbons (Fsp3) is 0. The van der Waals surface area contributed by atoms with Crippen LogP contribution in [0.2, 0.25) is 0 Å². The zero-order valence-corrected chi connectivity index (χ0v) is 8.64. The lowest BCUT2D eigenvalue weighted by Gasteiger charge is -2.05. The number of primary amides is 1. The van der Waals surface area contributed by atoms with E-state index in [-0.39, 0.29) is 3.57 Å². The minimum absolute atomic E-state index is 0.0854. The summed E-state index contributed by atoms with van der Waals surface area (Å²) in [4.78, 5) is 10.3. The molecule has 76 valence electrons. The van der Waals surface area contributed by atoms with Crippen LogP contribution in [-0.2, 0) is 0 Å². The fourth-order valence-corrected chi connectivity index (χ4v) is 1.36. The van der Waals surface area contributed by atoms with Gasteiger partial charge in [0.25, 0.3) is 0 Å². The van der Waals surface area contributed by atoms with E-state index in [1.807, 2.05) is 0 Å². The summed E-state index contributed by atoms with van der Waals surface area (Å²) in [6.07, 6.45) is -1.30. The lowest BCUT2D eigenvalue weighted by molar-refractivity contribution is 0.207. The summed E-state index contributed by atoms with van der Waals surface area (Å²) in [5, 5.41) is 0. The van der Waals surface area contributed by atoms with E-state index in [0.717, 1.165) is 0 Å². The van der Waals surface area contributed by atoms with E-state index in [9.17, 15) is 18.0 Å². The van der Waals surface area contributed by atoms with Crippen LogP contribution in [0.25, 0.3) is 0 Å². The minimum atomic E-state index is -1.71. The first kappa shape index (κ1) is 11.1. The van der Waals surface area contributed by atoms with Crippen LogP contribution in [0.4, 0.5) is 18.0 Å². The third kappa shape index (κ3) is 2.08. The van der Waals surface area contributed by atoms with E-state index in [2.05, 4.69) is 10.5 Å². The van der Waals surface area contributed by atoms with Crippen LogP contribution in [0.5, 0.6) is 5.75 Å². The molecule has 0 heterocycles. The Kier molecular flexibility index (Phi) is 3.19. The van der Waals surface area contributed by atoms with Crippen molar-refractivity contribution in [2.24, 2.45) is 5.73 Å². The van der Waals surface area contributed by atoms with Crippen molar-refractivity contribution in [3.63, 3.8) is 0 Å². The molecule has 7 heteroatoms. The van der Waals surface area contributed by atoms with Gasteiger partial charge in [-0.25, -0.2) is 13.6 Å². The lowest BCUT2D eigenvalue weighted by atomic mass is 10.3. The summed E-state index contributed by atoms with van der Waals surface area (Å²) in [6, 6.07) is 0.692. The van der Waals surface area contributed by atoms with E-state index in [1.165, 1.54) is 22.6 Å². The number of amides is 1. The van der Waals surface area contributed by atoms with Crippen molar-refractivity contribution in [3.05, 3.63) is 27.1 Å². The largest absolute Gasteiger partial charge is 0.410 e. The summed E-state index contributed by atoms with van der Waals surface area (Å²) in [6.45, 7) is 0. The van der Waals surface area contributed by atoms with Gasteiger partial charge in [0.1, 0.15) is 0 Å². The number of hydrogen-bond acceptors (Lipinski definition) is 2. The van der Waals surface area contributed by atoms with E-state index in [4.69, 9.17) is 0 Å². The van der Waals surface area contributed by atoms with Crippen LogP contribution < -0.4 is 10.5 Å². The summed E-state index contributed by atoms with van der Waals surface area (Å²) in [5.74, 6) is -5.35. The number of hydrogen-bond donors (Lipinski definition) is 1. The summed E-state index contributed by atoms with van der Waals surface area (Å²) in [5.41, 5.74) is 4.60. The van der Waals surface area contributed by atoms with Crippen LogP contribution in [0.15, 0.2) is 6.07 Å². The quantitative estimate of drug-likeness (QED) is 0.490. The Labute approximate surface area is 90.2 Å². The predicted octanol–water partition coefficient (Wildman–Crippen LogP) is 2.17. The topological polar surface area (TPSA) is 52.3 Å². The molecule has 0 saturated carbocycles. The first-order valence-electron chi connectivity index (χ1n) is 3.23. The number of nitrogens with two attached hydrogens (primary N) is 1. The Balaban J connectivity index is 3.29. The van der Waals surface area contributed by atoms with Gasteiger partial charge in [0, 0.05) is 0 Å². The van der Waals surface area contributed by atoms with Crippen molar-refractivity contribution >= 4 is 28.7 Å². The maximum absolute atomic E-state index is 12.9. The van der Waals surface area contributed by atoms with Gasteiger partial charge in [-0.05, 0) is 28.7 Å². The molecular formula is C7H3F3INO2. The molecule has 2 N–H and O–H groups in total. The van der Waals surface area contributed by atoms with Gasteiger partial charge in [0.05, 0.1) is 3.57 Å². The highest BCUT2D eigenvalue weighted by molar-refractivity contribution is 14.1. The maximum Gasteiger partial charge on any atom is 0.410 e. The number of rotatable bonds is 1. The SMILES string of the molecule is NC(=O)Oc1c(I)cc(F)c(F)c1F. The summed E-state index contributed by atoms with van der Waals surface area (Å²) >= 11 is 1.48. The van der Waals surface area contributed by atoms with Crippen molar-refractivity contribution in [1.29, 1.82) is 0 Å². The molecule has 0 aliphatic rings. The molecule has 0 aromatic heterocycles. The molecule has 0 bridgehead atoms. The van der Waals surface area contributed by atoms with Crippen LogP contribution in [0, 0.1) is 21.0 Å². The van der Waals surface area contributed by atoms with Crippen molar-refractivity contribution in [2.45, 2.75) is 0 Å². The van der Waals surface area contributed by atoms with E-state index >= 15 is 0 Å². The van der Waals surface area contributed by atoms with Crippen LogP contribution in [0.1, 0.15) is 0 Å². The molecule has 0 atom stereocenters. The van der Waals surface area contributed by atoms with Gasteiger partial charge in [-0.3, -0.25) is 0 Å². The van der Waals surface area contributed by atoms with Crippen molar-refractivity contribution < 1.29 is 22.7 Å². The normalized spacial score (nSPS) is 10.0. The Bertz CT molecular complexity index is 397. The minimum Gasteiger partial charge on any atom is -0.406 e. The molecule has 3 nitrogen and oxygen atoms in total. The van der Waals surface area contributed by atoms with Crippen LogP contribution in [-0.4, -0.2) is 6.09 Å². The molecule has 0 unspecified atom stereocenters. The monoisotopic (exact) mass is 317 g/mol. The second-order valence-corrected chi connectivity index (χ2v) is 3.38. The van der Waals surface area contributed by atoms with Crippen molar-refractivity contribution in [2.75, 3.05) is 0 Å². The van der Waals surface area contributed by atoms with Gasteiger partial charge in [0.15, 0.2) is 17.4 Å². The average molecular weight is 317 g/mol. The van der Waals surface area contributed by atoms with E-state index < -0.39 is 29.3 Å². The predicted molar refractivity (Wildman–Crippen MR) is 49.2 cm³/mol. The Morgan fingerprint density at radius 3 is 2.43 bits per heavy atom. The first-order valence-corrected chi connectivity index (χ1v) is 4.31. The van der Waals surface area contributed by atoms with Crippen molar-refractivity contribution in [1.82, 2.24) is 0 Å². The number of halogens is 4. The fourth-order valence-electron chi connectivity index (χ4n) is 0.744. The van der Waals surface area contributed by atoms with Gasteiger partial charge in [-0.2, -0.15) is 4.39 Å². The molecule has 14 heavy (non-hydrogen) atoms. The van der Waals surface area contributed by atoms with E-state index in [0.29, 0.717) is 6.07 Å². The average Bonchev–Trinajstić information content (AvgIpc) is 2.09. The highest BCUT2D eigenvalue weighted by atomic mass is 127. The molecule has 0 aliphatic carbocycles. The lowest BCUT2D eigenvalue weighted by Crippen LogP contribution is -2.18. The maximum atomic E-state index is 12.9. The van der Waals surface area contributed by atoms with Gasteiger partial charge in [-0.1, -0.05) is 0 Å². The Morgan fingerprint density at radius 2 is 1.93 bits per heavy atom. The highest BCUT2D eigenvalue weighted by Gasteiger charge is 2.20. The van der Waals surface area contributed by atoms with Crippen LogP contribution >= 0.6 is 22.6 Å². The molecule has 1 aromatic rings. The molecule has 0 spiro atoms. The van der Waals surface area contributed by atoms with Crippen LogP contribution in [0.3, 0.4) is 0 Å². The third-order valence-corrected chi connectivity index (χ3v) is 2.08. The smallest absolute Gasteiger partial charge is 0.406 e. The molecule has 1 aromatic carbocycles. The zero-order valence-electron chi connectivity index (χ0n) is 6.48. The van der Waals surface area contributed by atoms with E-state index in [1.54, 1.807) is 0 Å². The number of ether oxygens (including phenoxy) is 1. The second-order valence-electron chi connectivity index (χ2n) is 2.22. The summed E-state index contributed by atoms with van der Waals surface area (Å²) < 4.78 is 42.2. The molecule has 0 saturated heterocycles. The van der Waals surface area contributed by atoms with Gasteiger partial charge in [0.2, 0.25) is 5.82 Å². The third-order valence-electron chi connectivity index (χ3n) is 1.27. The zero-order chi connectivity index (χ0) is 10.9. The Hall–Kier alpha value is -0.990. The summed E-state index contributed by atoms with van der Waals surface area (Å²) in [7, 11) is 0. The van der Waals surface area contributed by atoms with Gasteiger partial charge in [-0.15, -0.1) is 0 Å². The molecule has 0 radical (unpaired) electrons. The molecule has 0 aliphatic heterocycles. The van der Waals surface area contributed by atoms with Gasteiger partial charge >= 0.3 is 6.09 Å². The highest BCUT2D eigenvalue weighted by Crippen LogP contribution is 2.28. The first-order chi connectivity index (χ1) is 6.43. The number of carbonyl (C=O) groups is 1. The number of carbonyl (C=O) groups excluding carboxylic acids is 1. The Morgan fingerprint density at radius 1 is 1.36 bits per heavy atom. The second kappa shape index (κ2) is 4.03. The molecule has 1 amide bonds. The molecular weight excluding hydrogens is 314 g/mol. The standard InChI is InChI=1S/C7H3F3INO2/c8-2-1-3(11)6(14-7(12)13)5(10)4(2)9/h1H,(H2,12,13). The van der Waals surface area contributed by atoms with Gasteiger partial charge < -0.3 is 10.5 Å².